The maximum absolute atomic E-state index is 12.5. The van der Waals surface area contributed by atoms with E-state index in [1.54, 1.807) is 18.2 Å². The third-order valence-corrected chi connectivity index (χ3v) is 5.85. The van der Waals surface area contributed by atoms with Gasteiger partial charge in [-0.15, -0.1) is 0 Å². The summed E-state index contributed by atoms with van der Waals surface area (Å²) in [4.78, 5) is 15.0. The van der Waals surface area contributed by atoms with Crippen molar-refractivity contribution in [3.8, 4) is 0 Å². The van der Waals surface area contributed by atoms with Gasteiger partial charge in [0.1, 0.15) is 12.2 Å². The van der Waals surface area contributed by atoms with Crippen LogP contribution in [0.3, 0.4) is 0 Å². The number of nitrogens with one attached hydrogen (secondary N) is 3. The third-order valence-electron chi connectivity index (χ3n) is 3.81. The van der Waals surface area contributed by atoms with Crippen molar-refractivity contribution in [3.63, 3.8) is 0 Å². The number of benzene rings is 2. The number of carbonyl (C=O) groups is 1. The molecule has 1 aromatic heterocycles. The quantitative estimate of drug-likeness (QED) is 0.515. The molecule has 1 amide bonds. The molecule has 12 heteroatoms. The Kier molecular flexibility index (Phi) is 5.81. The number of sulfonamides is 1. The highest BCUT2D eigenvalue weighted by Gasteiger charge is 2.30. The topological polar surface area (TPSA) is 91.1 Å². The van der Waals surface area contributed by atoms with E-state index in [0.717, 1.165) is 12.1 Å². The van der Waals surface area contributed by atoms with Gasteiger partial charge in [-0.05, 0) is 42.5 Å². The van der Waals surface area contributed by atoms with Gasteiger partial charge in [-0.2, -0.15) is 13.2 Å². The number of amides is 1. The van der Waals surface area contributed by atoms with E-state index >= 15 is 0 Å². The highest BCUT2D eigenvalue weighted by molar-refractivity contribution is 7.89. The second-order valence-corrected chi connectivity index (χ2v) is 8.50. The zero-order valence-electron chi connectivity index (χ0n) is 14.3. The van der Waals surface area contributed by atoms with Gasteiger partial charge in [0.05, 0.1) is 9.92 Å². The highest BCUT2D eigenvalue weighted by atomic mass is 35.5. The number of fused-ring (bicyclic) bond motifs is 1. The molecule has 3 N–H and O–H groups in total. The molecular weight excluding hydrogens is 454 g/mol. The molecule has 1 heterocycles. The molecule has 2 aromatic carbocycles. The molecule has 0 radical (unpaired) electrons. The second-order valence-electron chi connectivity index (χ2n) is 5.92. The molecule has 0 spiro atoms. The van der Waals surface area contributed by atoms with Crippen LogP contribution in [-0.2, 0) is 10.0 Å². The summed E-state index contributed by atoms with van der Waals surface area (Å²) in [6, 6.07) is 9.52. The third kappa shape index (κ3) is 5.02. The minimum atomic E-state index is -4.68. The standard InChI is InChI=1S/C17H12Cl2F3N3O3S/c18-9-1-6-13-12(7-9)14(19)15(25-13)16(26)24-10-2-4-11(5-3-10)29(27,28)23-8-17(20,21)22/h1-7,23,25H,8H2,(H,24,26). The first-order chi connectivity index (χ1) is 13.5. The monoisotopic (exact) mass is 465 g/mol. The molecule has 3 aromatic rings. The van der Waals surface area contributed by atoms with Crippen molar-refractivity contribution in [2.24, 2.45) is 0 Å². The molecule has 6 nitrogen and oxygen atoms in total. The summed E-state index contributed by atoms with van der Waals surface area (Å²) >= 11 is 12.1. The lowest BCUT2D eigenvalue weighted by Gasteiger charge is -2.10. The van der Waals surface area contributed by atoms with Crippen LogP contribution in [0, 0.1) is 0 Å². The Hall–Kier alpha value is -2.27. The molecule has 0 atom stereocenters. The van der Waals surface area contributed by atoms with E-state index in [9.17, 15) is 26.4 Å². The van der Waals surface area contributed by atoms with Gasteiger partial charge in [0.25, 0.3) is 5.91 Å². The Labute approximate surface area is 173 Å². The van der Waals surface area contributed by atoms with E-state index in [-0.39, 0.29) is 21.3 Å². The lowest BCUT2D eigenvalue weighted by atomic mass is 10.2. The number of hydrogen-bond acceptors (Lipinski definition) is 3. The summed E-state index contributed by atoms with van der Waals surface area (Å²) in [5.74, 6) is -0.590. The summed E-state index contributed by atoms with van der Waals surface area (Å²) in [6.45, 7) is -1.68. The van der Waals surface area contributed by atoms with E-state index in [0.29, 0.717) is 15.9 Å². The average molecular weight is 466 g/mol. The Bertz CT molecular complexity index is 1180. The molecule has 0 saturated carbocycles. The van der Waals surface area contributed by atoms with Crippen molar-refractivity contribution in [1.82, 2.24) is 9.71 Å². The first kappa shape index (κ1) is 21.4. The number of aromatic amines is 1. The zero-order chi connectivity index (χ0) is 21.4. The number of aromatic nitrogens is 1. The van der Waals surface area contributed by atoms with E-state index in [1.165, 1.54) is 16.9 Å². The smallest absolute Gasteiger partial charge is 0.349 e. The second kappa shape index (κ2) is 7.86. The Morgan fingerprint density at radius 1 is 1.07 bits per heavy atom. The normalized spacial score (nSPS) is 12.3. The molecular formula is C17H12Cl2F3N3O3S. The van der Waals surface area contributed by atoms with Crippen LogP contribution in [0.5, 0.6) is 0 Å². The van der Waals surface area contributed by atoms with E-state index in [1.807, 2.05) is 0 Å². The van der Waals surface area contributed by atoms with Gasteiger partial charge in [-0.25, -0.2) is 13.1 Å². The van der Waals surface area contributed by atoms with E-state index in [4.69, 9.17) is 23.2 Å². The summed E-state index contributed by atoms with van der Waals surface area (Å²) in [5, 5.41) is 3.69. The van der Waals surface area contributed by atoms with Crippen molar-refractivity contribution in [3.05, 3.63) is 58.2 Å². The lowest BCUT2D eigenvalue weighted by Crippen LogP contribution is -2.33. The summed E-state index contributed by atoms with van der Waals surface area (Å²) in [5.41, 5.74) is 0.895. The largest absolute Gasteiger partial charge is 0.402 e. The first-order valence-electron chi connectivity index (χ1n) is 7.91. The van der Waals surface area contributed by atoms with Crippen LogP contribution in [0.25, 0.3) is 10.9 Å². The lowest BCUT2D eigenvalue weighted by molar-refractivity contribution is -0.121. The molecule has 0 aliphatic carbocycles. The summed E-state index contributed by atoms with van der Waals surface area (Å²) < 4.78 is 61.8. The number of carbonyl (C=O) groups excluding carboxylic acids is 1. The van der Waals surface area contributed by atoms with Gasteiger partial charge in [0.15, 0.2) is 0 Å². The molecule has 0 aliphatic rings. The first-order valence-corrected chi connectivity index (χ1v) is 10.1. The van der Waals surface area contributed by atoms with Gasteiger partial charge in [-0.3, -0.25) is 4.79 Å². The number of H-pyrrole nitrogens is 1. The van der Waals surface area contributed by atoms with Gasteiger partial charge in [0.2, 0.25) is 10.0 Å². The van der Waals surface area contributed by atoms with E-state index < -0.39 is 28.7 Å². The van der Waals surface area contributed by atoms with Crippen molar-refractivity contribution in [1.29, 1.82) is 0 Å². The SMILES string of the molecule is O=C(Nc1ccc(S(=O)(=O)NCC(F)(F)F)cc1)c1[nH]c2ccc(Cl)cc2c1Cl. The van der Waals surface area contributed by atoms with Crippen molar-refractivity contribution in [2.45, 2.75) is 11.1 Å². The molecule has 29 heavy (non-hydrogen) atoms. The van der Waals surface area contributed by atoms with E-state index in [2.05, 4.69) is 10.3 Å². The minimum absolute atomic E-state index is 0.0764. The molecule has 0 aliphatic heterocycles. The Morgan fingerprint density at radius 3 is 2.34 bits per heavy atom. The fourth-order valence-electron chi connectivity index (χ4n) is 2.46. The van der Waals surface area contributed by atoms with Crippen molar-refractivity contribution >= 4 is 55.7 Å². The maximum Gasteiger partial charge on any atom is 0.402 e. The number of alkyl halides is 3. The summed E-state index contributed by atoms with van der Waals surface area (Å²) in [7, 11) is -4.34. The number of rotatable bonds is 5. The van der Waals surface area contributed by atoms with Crippen LogP contribution in [-0.4, -0.2) is 32.0 Å². The number of halogens is 5. The highest BCUT2D eigenvalue weighted by Crippen LogP contribution is 2.30. The maximum atomic E-state index is 12.5. The molecule has 0 fully saturated rings. The van der Waals surface area contributed by atoms with Gasteiger partial charge >= 0.3 is 6.18 Å². The predicted octanol–water partition coefficient (Wildman–Crippen LogP) is 4.57. The molecule has 0 unspecified atom stereocenters. The number of hydrogen-bond donors (Lipinski definition) is 3. The van der Waals surface area contributed by atoms with Gasteiger partial charge in [-0.1, -0.05) is 23.2 Å². The van der Waals surface area contributed by atoms with Gasteiger partial charge in [0, 0.05) is 21.6 Å². The molecule has 3 rings (SSSR count). The van der Waals surface area contributed by atoms with Crippen LogP contribution >= 0.6 is 23.2 Å². The number of anilines is 1. The van der Waals surface area contributed by atoms with Crippen LogP contribution in [0.1, 0.15) is 10.5 Å². The molecule has 0 saturated heterocycles. The van der Waals surface area contributed by atoms with Crippen LogP contribution < -0.4 is 10.0 Å². The van der Waals surface area contributed by atoms with Crippen LogP contribution in [0.4, 0.5) is 18.9 Å². The average Bonchev–Trinajstić information content (AvgIpc) is 2.96. The molecule has 0 bridgehead atoms. The Balaban J connectivity index is 1.76. The zero-order valence-corrected chi connectivity index (χ0v) is 16.6. The summed E-state index contributed by atoms with van der Waals surface area (Å²) in [6.07, 6.45) is -4.68. The fraction of sp³-hybridized carbons (Fsp3) is 0.118. The fourth-order valence-corrected chi connectivity index (χ4v) is 3.94. The van der Waals surface area contributed by atoms with Crippen molar-refractivity contribution in [2.75, 3.05) is 11.9 Å². The van der Waals surface area contributed by atoms with Crippen LogP contribution in [0.2, 0.25) is 10.0 Å². The Morgan fingerprint density at radius 2 is 1.72 bits per heavy atom. The minimum Gasteiger partial charge on any atom is -0.349 e. The van der Waals surface area contributed by atoms with Crippen molar-refractivity contribution < 1.29 is 26.4 Å². The predicted molar refractivity (Wildman–Crippen MR) is 104 cm³/mol. The van der Waals surface area contributed by atoms with Crippen LogP contribution in [0.15, 0.2) is 47.4 Å². The molecule has 154 valence electrons. The van der Waals surface area contributed by atoms with Gasteiger partial charge < -0.3 is 10.3 Å².